The van der Waals surface area contributed by atoms with Gasteiger partial charge >= 0.3 is 0 Å². The van der Waals surface area contributed by atoms with Crippen molar-refractivity contribution >= 4 is 27.3 Å². The van der Waals surface area contributed by atoms with E-state index in [1.807, 2.05) is 6.07 Å². The number of sulfonamides is 1. The van der Waals surface area contributed by atoms with Gasteiger partial charge in [-0.3, -0.25) is 4.72 Å². The Labute approximate surface area is 129 Å². The molecule has 4 nitrogen and oxygen atoms in total. The summed E-state index contributed by atoms with van der Waals surface area (Å²) in [5, 5.41) is 0.326. The zero-order valence-corrected chi connectivity index (χ0v) is 12.9. The molecule has 0 amide bonds. The highest BCUT2D eigenvalue weighted by Gasteiger charge is 2.17. The SMILES string of the molecule is O=S(=O)(Nc1ccc(Cl)nc1)c1ccc2c(c1)CCCC2. The minimum Gasteiger partial charge on any atom is -0.278 e. The van der Waals surface area contributed by atoms with Crippen LogP contribution in [-0.4, -0.2) is 13.4 Å². The predicted molar refractivity (Wildman–Crippen MR) is 83.1 cm³/mol. The monoisotopic (exact) mass is 322 g/mol. The summed E-state index contributed by atoms with van der Waals surface area (Å²) in [5.41, 5.74) is 2.80. The molecule has 110 valence electrons. The average molecular weight is 323 g/mol. The van der Waals surface area contributed by atoms with Crippen molar-refractivity contribution in [1.82, 2.24) is 4.98 Å². The van der Waals surface area contributed by atoms with Crippen LogP contribution in [0.15, 0.2) is 41.4 Å². The number of rotatable bonds is 3. The standard InChI is InChI=1S/C15H15ClN2O2S/c16-15-8-6-13(10-17-15)18-21(19,20)14-7-5-11-3-1-2-4-12(11)9-14/h5-10,18H,1-4H2. The Morgan fingerprint density at radius 2 is 1.81 bits per heavy atom. The third-order valence-corrected chi connectivity index (χ3v) is 5.21. The molecule has 0 atom stereocenters. The largest absolute Gasteiger partial charge is 0.278 e. The number of hydrogen-bond acceptors (Lipinski definition) is 3. The Bertz CT molecular complexity index is 758. The van der Waals surface area contributed by atoms with Gasteiger partial charge in [-0.1, -0.05) is 17.7 Å². The summed E-state index contributed by atoms with van der Waals surface area (Å²) in [5.74, 6) is 0. The Kier molecular flexibility index (Phi) is 3.87. The summed E-state index contributed by atoms with van der Waals surface area (Å²) in [6.45, 7) is 0. The fraction of sp³-hybridized carbons (Fsp3) is 0.267. The van der Waals surface area contributed by atoms with Crippen LogP contribution in [0.2, 0.25) is 5.15 Å². The molecule has 21 heavy (non-hydrogen) atoms. The van der Waals surface area contributed by atoms with E-state index in [0.29, 0.717) is 10.8 Å². The molecule has 1 aliphatic rings. The highest BCUT2D eigenvalue weighted by atomic mass is 35.5. The molecule has 0 saturated heterocycles. The topological polar surface area (TPSA) is 59.1 Å². The van der Waals surface area contributed by atoms with Crippen molar-refractivity contribution in [3.8, 4) is 0 Å². The third kappa shape index (κ3) is 3.19. The number of hydrogen-bond donors (Lipinski definition) is 1. The number of aryl methyl sites for hydroxylation is 2. The lowest BCUT2D eigenvalue weighted by atomic mass is 9.92. The predicted octanol–water partition coefficient (Wildman–Crippen LogP) is 3.41. The average Bonchev–Trinajstić information content (AvgIpc) is 2.49. The number of pyridine rings is 1. The normalized spacial score (nSPS) is 14.5. The second kappa shape index (κ2) is 5.66. The summed E-state index contributed by atoms with van der Waals surface area (Å²) in [6.07, 6.45) is 5.67. The molecule has 0 spiro atoms. The first kappa shape index (κ1) is 14.4. The summed E-state index contributed by atoms with van der Waals surface area (Å²) >= 11 is 5.69. The van der Waals surface area contributed by atoms with Gasteiger partial charge in [0.25, 0.3) is 10.0 Å². The molecule has 0 saturated carbocycles. The van der Waals surface area contributed by atoms with Crippen molar-refractivity contribution in [3.05, 3.63) is 52.8 Å². The van der Waals surface area contributed by atoms with Crippen LogP contribution in [0.25, 0.3) is 0 Å². The van der Waals surface area contributed by atoms with E-state index in [0.717, 1.165) is 24.8 Å². The first-order chi connectivity index (χ1) is 10.0. The Hall–Kier alpha value is -1.59. The van der Waals surface area contributed by atoms with Gasteiger partial charge in [-0.15, -0.1) is 0 Å². The Morgan fingerprint density at radius 3 is 2.52 bits per heavy atom. The molecule has 1 aromatic heterocycles. The minimum atomic E-state index is -3.59. The first-order valence-corrected chi connectivity index (χ1v) is 8.67. The van der Waals surface area contributed by atoms with Crippen LogP contribution in [0.1, 0.15) is 24.0 Å². The Morgan fingerprint density at radius 1 is 1.05 bits per heavy atom. The molecule has 3 rings (SSSR count). The van der Waals surface area contributed by atoms with Gasteiger partial charge in [0.1, 0.15) is 5.15 Å². The van der Waals surface area contributed by atoms with Crippen molar-refractivity contribution < 1.29 is 8.42 Å². The van der Waals surface area contributed by atoms with Crippen molar-refractivity contribution in [1.29, 1.82) is 0 Å². The van der Waals surface area contributed by atoms with Crippen LogP contribution in [0, 0.1) is 0 Å². The van der Waals surface area contributed by atoms with E-state index >= 15 is 0 Å². The van der Waals surface area contributed by atoms with Gasteiger partial charge in [-0.2, -0.15) is 0 Å². The van der Waals surface area contributed by atoms with E-state index in [1.165, 1.54) is 18.2 Å². The van der Waals surface area contributed by atoms with Crippen LogP contribution >= 0.6 is 11.6 Å². The molecule has 0 bridgehead atoms. The van der Waals surface area contributed by atoms with Crippen LogP contribution in [0.5, 0.6) is 0 Å². The number of anilines is 1. The molecule has 1 heterocycles. The van der Waals surface area contributed by atoms with E-state index in [-0.39, 0.29) is 4.90 Å². The summed E-state index contributed by atoms with van der Waals surface area (Å²) in [7, 11) is -3.59. The number of aromatic nitrogens is 1. The van der Waals surface area contributed by atoms with Gasteiger partial charge in [-0.25, -0.2) is 13.4 Å². The molecule has 6 heteroatoms. The van der Waals surface area contributed by atoms with Crippen LogP contribution in [0.4, 0.5) is 5.69 Å². The highest BCUT2D eigenvalue weighted by molar-refractivity contribution is 7.92. The minimum absolute atomic E-state index is 0.290. The maximum Gasteiger partial charge on any atom is 0.261 e. The lowest BCUT2D eigenvalue weighted by molar-refractivity contribution is 0.600. The number of halogens is 1. The van der Waals surface area contributed by atoms with Crippen molar-refractivity contribution in [2.24, 2.45) is 0 Å². The molecule has 0 fully saturated rings. The van der Waals surface area contributed by atoms with Gasteiger partial charge in [0.2, 0.25) is 0 Å². The quantitative estimate of drug-likeness (QED) is 0.881. The van der Waals surface area contributed by atoms with E-state index in [9.17, 15) is 8.42 Å². The maximum atomic E-state index is 12.4. The number of fused-ring (bicyclic) bond motifs is 1. The van der Waals surface area contributed by atoms with Crippen LogP contribution < -0.4 is 4.72 Å². The third-order valence-electron chi connectivity index (χ3n) is 3.61. The van der Waals surface area contributed by atoms with Gasteiger partial charge in [0, 0.05) is 0 Å². The van der Waals surface area contributed by atoms with Gasteiger partial charge in [-0.05, 0) is 61.1 Å². The fourth-order valence-corrected chi connectivity index (χ4v) is 3.73. The summed E-state index contributed by atoms with van der Waals surface area (Å²) in [4.78, 5) is 4.16. The molecule has 1 N–H and O–H groups in total. The smallest absolute Gasteiger partial charge is 0.261 e. The molecule has 1 aliphatic carbocycles. The molecule has 0 radical (unpaired) electrons. The second-order valence-corrected chi connectivity index (χ2v) is 7.18. The maximum absolute atomic E-state index is 12.4. The second-order valence-electron chi connectivity index (χ2n) is 5.11. The van der Waals surface area contributed by atoms with Crippen molar-refractivity contribution in [3.63, 3.8) is 0 Å². The van der Waals surface area contributed by atoms with E-state index in [4.69, 9.17) is 11.6 Å². The van der Waals surface area contributed by atoms with Crippen LogP contribution in [-0.2, 0) is 22.9 Å². The van der Waals surface area contributed by atoms with E-state index < -0.39 is 10.0 Å². The molecule has 0 unspecified atom stereocenters. The van der Waals surface area contributed by atoms with Gasteiger partial charge in [0.15, 0.2) is 0 Å². The number of benzene rings is 1. The highest BCUT2D eigenvalue weighted by Crippen LogP contribution is 2.25. The molecular weight excluding hydrogens is 308 g/mol. The first-order valence-electron chi connectivity index (χ1n) is 6.81. The zero-order chi connectivity index (χ0) is 14.9. The van der Waals surface area contributed by atoms with E-state index in [1.54, 1.807) is 24.3 Å². The van der Waals surface area contributed by atoms with E-state index in [2.05, 4.69) is 9.71 Å². The van der Waals surface area contributed by atoms with Crippen molar-refractivity contribution in [2.75, 3.05) is 4.72 Å². The Balaban J connectivity index is 1.89. The molecule has 1 aromatic carbocycles. The summed E-state index contributed by atoms with van der Waals surface area (Å²) < 4.78 is 27.3. The molecule has 0 aliphatic heterocycles. The van der Waals surface area contributed by atoms with Crippen molar-refractivity contribution in [2.45, 2.75) is 30.6 Å². The molecular formula is C15H15ClN2O2S. The van der Waals surface area contributed by atoms with Crippen LogP contribution in [0.3, 0.4) is 0 Å². The van der Waals surface area contributed by atoms with Gasteiger partial charge < -0.3 is 0 Å². The number of nitrogens with one attached hydrogen (secondary N) is 1. The van der Waals surface area contributed by atoms with Gasteiger partial charge in [0.05, 0.1) is 16.8 Å². The summed E-state index contributed by atoms with van der Waals surface area (Å²) in [6, 6.07) is 8.50. The zero-order valence-electron chi connectivity index (χ0n) is 11.3. The molecule has 2 aromatic rings. The number of nitrogens with zero attached hydrogens (tertiary/aromatic N) is 1. The lowest BCUT2D eigenvalue weighted by Gasteiger charge is -2.17. The fourth-order valence-electron chi connectivity index (χ4n) is 2.53. The lowest BCUT2D eigenvalue weighted by Crippen LogP contribution is -2.14.